The number of hydrogen-bond acceptors (Lipinski definition) is 2. The van der Waals surface area contributed by atoms with Crippen molar-refractivity contribution < 1.29 is 8.42 Å². The van der Waals surface area contributed by atoms with Crippen molar-refractivity contribution in [2.45, 2.75) is 50.3 Å². The molecule has 3 heteroatoms. The fourth-order valence-electron chi connectivity index (χ4n) is 1.86. The Morgan fingerprint density at radius 2 is 1.50 bits per heavy atom. The minimum Gasteiger partial charge on any atom is -0.224 e. The molecule has 0 amide bonds. The number of benzene rings is 1. The van der Waals surface area contributed by atoms with Crippen LogP contribution in [0.4, 0.5) is 0 Å². The molecule has 0 aliphatic carbocycles. The highest BCUT2D eigenvalue weighted by Crippen LogP contribution is 2.14. The third-order valence-corrected chi connectivity index (χ3v) is 4.86. The van der Waals surface area contributed by atoms with Gasteiger partial charge in [0.15, 0.2) is 9.84 Å². The molecule has 1 rings (SSSR count). The highest BCUT2D eigenvalue weighted by Gasteiger charge is 2.13. The highest BCUT2D eigenvalue weighted by atomic mass is 32.2. The Kier molecular flexibility index (Phi) is 6.41. The summed E-state index contributed by atoms with van der Waals surface area (Å²) in [6.07, 6.45) is 6.14. The molecule has 1 aromatic carbocycles. The SMILES string of the molecule is [CH2]CCCCCCCS(=O)(=O)c1ccc(C)cc1. The van der Waals surface area contributed by atoms with Crippen LogP contribution >= 0.6 is 0 Å². The molecule has 2 nitrogen and oxygen atoms in total. The van der Waals surface area contributed by atoms with Crippen molar-refractivity contribution in [2.75, 3.05) is 5.75 Å². The average Bonchev–Trinajstić information content (AvgIpc) is 2.34. The summed E-state index contributed by atoms with van der Waals surface area (Å²) in [6, 6.07) is 7.10. The molecule has 0 unspecified atom stereocenters. The number of unbranched alkanes of at least 4 members (excludes halogenated alkanes) is 5. The maximum atomic E-state index is 12.0. The molecule has 0 saturated carbocycles. The van der Waals surface area contributed by atoms with Crippen LogP contribution in [0, 0.1) is 13.8 Å². The van der Waals surface area contributed by atoms with E-state index in [1.165, 1.54) is 0 Å². The van der Waals surface area contributed by atoms with Gasteiger partial charge in [0, 0.05) is 0 Å². The van der Waals surface area contributed by atoms with Crippen molar-refractivity contribution in [1.29, 1.82) is 0 Å². The Hall–Kier alpha value is -0.830. The van der Waals surface area contributed by atoms with Gasteiger partial charge in [-0.3, -0.25) is 0 Å². The Morgan fingerprint density at radius 1 is 0.944 bits per heavy atom. The summed E-state index contributed by atoms with van der Waals surface area (Å²) in [5.74, 6) is 0.264. The topological polar surface area (TPSA) is 34.1 Å². The van der Waals surface area contributed by atoms with Crippen molar-refractivity contribution in [2.24, 2.45) is 0 Å². The molecular formula is C15H23O2S. The summed E-state index contributed by atoms with van der Waals surface area (Å²) in [5.41, 5.74) is 1.09. The predicted octanol–water partition coefficient (Wildman–Crippen LogP) is 3.94. The van der Waals surface area contributed by atoms with E-state index in [1.807, 2.05) is 19.1 Å². The lowest BCUT2D eigenvalue weighted by atomic mass is 10.1. The molecule has 1 aromatic rings. The molecule has 1 radical (unpaired) electrons. The monoisotopic (exact) mass is 267 g/mol. The lowest BCUT2D eigenvalue weighted by Gasteiger charge is -2.05. The molecule has 0 aliphatic heterocycles. The van der Waals surface area contributed by atoms with Crippen LogP contribution in [0.3, 0.4) is 0 Å². The number of sulfone groups is 1. The molecule has 0 aliphatic rings. The third-order valence-electron chi connectivity index (χ3n) is 3.04. The van der Waals surface area contributed by atoms with Crippen LogP contribution in [0.15, 0.2) is 29.2 Å². The summed E-state index contributed by atoms with van der Waals surface area (Å²) in [4.78, 5) is 0.450. The van der Waals surface area contributed by atoms with E-state index in [0.29, 0.717) is 4.90 Å². The zero-order chi connectivity index (χ0) is 13.4. The zero-order valence-corrected chi connectivity index (χ0v) is 12.0. The van der Waals surface area contributed by atoms with E-state index in [-0.39, 0.29) is 5.75 Å². The molecule has 0 spiro atoms. The fourth-order valence-corrected chi connectivity index (χ4v) is 3.23. The molecule has 0 bridgehead atoms. The number of rotatable bonds is 8. The standard InChI is InChI=1S/C15H23O2S/c1-3-4-5-6-7-8-13-18(16,17)15-11-9-14(2)10-12-15/h9-12H,1,3-8,13H2,2H3. The molecule has 0 saturated heterocycles. The molecule has 0 heterocycles. The highest BCUT2D eigenvalue weighted by molar-refractivity contribution is 7.91. The van der Waals surface area contributed by atoms with E-state index in [1.54, 1.807) is 12.1 Å². The fraction of sp³-hybridized carbons (Fsp3) is 0.533. The van der Waals surface area contributed by atoms with E-state index in [9.17, 15) is 8.42 Å². The lowest BCUT2D eigenvalue weighted by molar-refractivity contribution is 0.585. The van der Waals surface area contributed by atoms with E-state index in [4.69, 9.17) is 0 Å². The van der Waals surface area contributed by atoms with Crippen LogP contribution in [-0.4, -0.2) is 14.2 Å². The predicted molar refractivity (Wildman–Crippen MR) is 76.3 cm³/mol. The largest absolute Gasteiger partial charge is 0.224 e. The van der Waals surface area contributed by atoms with Crippen molar-refractivity contribution >= 4 is 9.84 Å². The number of aryl methyl sites for hydroxylation is 1. The van der Waals surface area contributed by atoms with Crippen LogP contribution in [0.25, 0.3) is 0 Å². The molecule has 0 fully saturated rings. The van der Waals surface area contributed by atoms with Crippen molar-refractivity contribution in [3.63, 3.8) is 0 Å². The first-order chi connectivity index (χ1) is 8.56. The second kappa shape index (κ2) is 7.57. The quantitative estimate of drug-likeness (QED) is 0.668. The maximum Gasteiger partial charge on any atom is 0.178 e. The normalized spacial score (nSPS) is 11.7. The van der Waals surface area contributed by atoms with Crippen LogP contribution in [0.1, 0.15) is 44.1 Å². The van der Waals surface area contributed by atoms with Crippen molar-refractivity contribution in [3.05, 3.63) is 36.8 Å². The van der Waals surface area contributed by atoms with Gasteiger partial charge in [0.2, 0.25) is 0 Å². The minimum atomic E-state index is -3.08. The first-order valence-electron chi connectivity index (χ1n) is 6.65. The van der Waals surface area contributed by atoms with Gasteiger partial charge in [0.1, 0.15) is 0 Å². The van der Waals surface area contributed by atoms with E-state index >= 15 is 0 Å². The first-order valence-corrected chi connectivity index (χ1v) is 8.30. The Morgan fingerprint density at radius 3 is 2.11 bits per heavy atom. The van der Waals surface area contributed by atoms with E-state index in [2.05, 4.69) is 6.92 Å². The number of hydrogen-bond donors (Lipinski definition) is 0. The van der Waals surface area contributed by atoms with Crippen LogP contribution in [0.2, 0.25) is 0 Å². The van der Waals surface area contributed by atoms with Crippen molar-refractivity contribution in [1.82, 2.24) is 0 Å². The molecule has 0 aromatic heterocycles. The van der Waals surface area contributed by atoms with Crippen LogP contribution in [-0.2, 0) is 9.84 Å². The van der Waals surface area contributed by atoms with Gasteiger partial charge in [-0.05, 0) is 25.5 Å². The molecule has 18 heavy (non-hydrogen) atoms. The Balaban J connectivity index is 2.38. The first kappa shape index (κ1) is 15.2. The molecule has 0 N–H and O–H groups in total. The Bertz CT molecular complexity index is 432. The van der Waals surface area contributed by atoms with Gasteiger partial charge in [-0.2, -0.15) is 0 Å². The summed E-state index contributed by atoms with van der Waals surface area (Å²) in [5, 5.41) is 0. The molecular weight excluding hydrogens is 244 g/mol. The smallest absolute Gasteiger partial charge is 0.178 e. The average molecular weight is 267 g/mol. The van der Waals surface area contributed by atoms with E-state index < -0.39 is 9.84 Å². The maximum absolute atomic E-state index is 12.0. The van der Waals surface area contributed by atoms with Gasteiger partial charge >= 0.3 is 0 Å². The molecule has 0 atom stereocenters. The van der Waals surface area contributed by atoms with Gasteiger partial charge < -0.3 is 0 Å². The zero-order valence-electron chi connectivity index (χ0n) is 11.2. The van der Waals surface area contributed by atoms with Gasteiger partial charge in [-0.25, -0.2) is 8.42 Å². The van der Waals surface area contributed by atoms with Gasteiger partial charge in [0.05, 0.1) is 10.6 Å². The van der Waals surface area contributed by atoms with Gasteiger partial charge in [0.25, 0.3) is 0 Å². The van der Waals surface area contributed by atoms with Crippen molar-refractivity contribution in [3.8, 4) is 0 Å². The second-order valence-electron chi connectivity index (χ2n) is 4.75. The lowest BCUT2D eigenvalue weighted by Crippen LogP contribution is -2.06. The third kappa shape index (κ3) is 5.21. The van der Waals surface area contributed by atoms with Gasteiger partial charge in [-0.15, -0.1) is 0 Å². The summed E-state index contributed by atoms with van der Waals surface area (Å²) in [7, 11) is -3.08. The summed E-state index contributed by atoms with van der Waals surface area (Å²) >= 11 is 0. The summed E-state index contributed by atoms with van der Waals surface area (Å²) in [6.45, 7) is 5.75. The van der Waals surface area contributed by atoms with Gasteiger partial charge in [-0.1, -0.05) is 56.7 Å². The van der Waals surface area contributed by atoms with Crippen LogP contribution < -0.4 is 0 Å². The summed E-state index contributed by atoms with van der Waals surface area (Å²) < 4.78 is 24.0. The second-order valence-corrected chi connectivity index (χ2v) is 6.86. The van der Waals surface area contributed by atoms with Crippen LogP contribution in [0.5, 0.6) is 0 Å². The van der Waals surface area contributed by atoms with E-state index in [0.717, 1.165) is 44.1 Å². The minimum absolute atomic E-state index is 0.264. The molecule has 101 valence electrons. The Labute approximate surface area is 111 Å².